The molecule has 2 atom stereocenters. The fraction of sp³-hybridized carbons (Fsp3) is 0.333. The molecule has 0 radical (unpaired) electrons. The highest BCUT2D eigenvalue weighted by Gasteiger charge is 2.16. The molecule has 0 fully saturated rings. The number of hydrogen-bond donors (Lipinski definition) is 2. The largest absolute Gasteiger partial charge is 0.394 e. The van der Waals surface area contributed by atoms with Crippen LogP contribution in [0.3, 0.4) is 0 Å². The summed E-state index contributed by atoms with van der Waals surface area (Å²) in [5, 5.41) is 15.2. The molecular formula is C15H19NOS. The Labute approximate surface area is 112 Å². The van der Waals surface area contributed by atoms with Crippen molar-refractivity contribution in [2.24, 2.45) is 0 Å². The van der Waals surface area contributed by atoms with Gasteiger partial charge < -0.3 is 10.4 Å². The third-order valence-corrected chi connectivity index (χ3v) is 4.07. The first-order valence-electron chi connectivity index (χ1n) is 6.30. The Hall–Kier alpha value is -1.16. The lowest BCUT2D eigenvalue weighted by molar-refractivity contribution is 0.232. The molecule has 0 saturated heterocycles. The Bertz CT molecular complexity index is 441. The number of benzene rings is 1. The van der Waals surface area contributed by atoms with Gasteiger partial charge in [-0.25, -0.2) is 0 Å². The van der Waals surface area contributed by atoms with Gasteiger partial charge in [-0.3, -0.25) is 0 Å². The second kappa shape index (κ2) is 6.69. The van der Waals surface area contributed by atoms with Gasteiger partial charge in [-0.05, 0) is 23.4 Å². The van der Waals surface area contributed by atoms with E-state index in [1.54, 1.807) is 11.3 Å². The average Bonchev–Trinajstić information content (AvgIpc) is 2.95. The summed E-state index contributed by atoms with van der Waals surface area (Å²) in [5.74, 6) is 0. The van der Waals surface area contributed by atoms with E-state index in [-0.39, 0.29) is 12.6 Å². The molecule has 0 aliphatic carbocycles. The van der Waals surface area contributed by atoms with Gasteiger partial charge in [0.15, 0.2) is 0 Å². The SMILES string of the molecule is CCC(N[C@H](CO)c1ccccc1)c1cccs1. The Kier molecular flexibility index (Phi) is 4.93. The summed E-state index contributed by atoms with van der Waals surface area (Å²) >= 11 is 1.76. The van der Waals surface area contributed by atoms with Crippen LogP contribution in [0.25, 0.3) is 0 Å². The molecule has 1 aromatic heterocycles. The van der Waals surface area contributed by atoms with Gasteiger partial charge in [0, 0.05) is 10.9 Å². The van der Waals surface area contributed by atoms with Crippen molar-refractivity contribution in [2.45, 2.75) is 25.4 Å². The van der Waals surface area contributed by atoms with Crippen LogP contribution < -0.4 is 5.32 Å². The quantitative estimate of drug-likeness (QED) is 0.834. The zero-order valence-corrected chi connectivity index (χ0v) is 11.4. The molecule has 2 N–H and O–H groups in total. The van der Waals surface area contributed by atoms with Gasteiger partial charge in [0.25, 0.3) is 0 Å². The van der Waals surface area contributed by atoms with E-state index in [9.17, 15) is 5.11 Å². The number of rotatable bonds is 6. The lowest BCUT2D eigenvalue weighted by Crippen LogP contribution is -2.28. The molecule has 0 bridgehead atoms. The molecule has 96 valence electrons. The molecule has 18 heavy (non-hydrogen) atoms. The van der Waals surface area contributed by atoms with Crippen LogP contribution in [0.1, 0.15) is 35.9 Å². The topological polar surface area (TPSA) is 32.3 Å². The summed E-state index contributed by atoms with van der Waals surface area (Å²) in [6.45, 7) is 2.28. The molecule has 1 heterocycles. The minimum Gasteiger partial charge on any atom is -0.394 e. The molecule has 0 amide bonds. The van der Waals surface area contributed by atoms with Gasteiger partial charge in [-0.15, -0.1) is 11.3 Å². The molecule has 0 aliphatic heterocycles. The Morgan fingerprint density at radius 3 is 2.44 bits per heavy atom. The van der Waals surface area contributed by atoms with E-state index in [0.29, 0.717) is 6.04 Å². The maximum Gasteiger partial charge on any atom is 0.0626 e. The van der Waals surface area contributed by atoms with Crippen molar-refractivity contribution >= 4 is 11.3 Å². The summed E-state index contributed by atoms with van der Waals surface area (Å²) in [4.78, 5) is 1.33. The van der Waals surface area contributed by atoms with Crippen LogP contribution in [-0.2, 0) is 0 Å². The Balaban J connectivity index is 2.10. The number of nitrogens with one attached hydrogen (secondary N) is 1. The van der Waals surface area contributed by atoms with Crippen LogP contribution in [-0.4, -0.2) is 11.7 Å². The summed E-state index contributed by atoms with van der Waals surface area (Å²) in [6, 6.07) is 14.6. The molecule has 2 nitrogen and oxygen atoms in total. The number of aliphatic hydroxyl groups excluding tert-OH is 1. The zero-order chi connectivity index (χ0) is 12.8. The Morgan fingerprint density at radius 2 is 1.89 bits per heavy atom. The second-order valence-electron chi connectivity index (χ2n) is 4.29. The lowest BCUT2D eigenvalue weighted by Gasteiger charge is -2.23. The van der Waals surface area contributed by atoms with Crippen molar-refractivity contribution in [2.75, 3.05) is 6.61 Å². The molecule has 0 aliphatic rings. The first-order chi connectivity index (χ1) is 8.85. The average molecular weight is 261 g/mol. The number of thiophene rings is 1. The van der Waals surface area contributed by atoms with Crippen molar-refractivity contribution in [3.05, 3.63) is 58.3 Å². The predicted molar refractivity (Wildman–Crippen MR) is 76.8 cm³/mol. The molecule has 3 heteroatoms. The molecule has 0 saturated carbocycles. The van der Waals surface area contributed by atoms with Gasteiger partial charge in [0.05, 0.1) is 12.6 Å². The third-order valence-electron chi connectivity index (χ3n) is 3.08. The molecule has 2 aromatic rings. The van der Waals surface area contributed by atoms with Gasteiger partial charge in [0.2, 0.25) is 0 Å². The monoisotopic (exact) mass is 261 g/mol. The van der Waals surface area contributed by atoms with Crippen molar-refractivity contribution in [3.8, 4) is 0 Å². The van der Waals surface area contributed by atoms with E-state index < -0.39 is 0 Å². The van der Waals surface area contributed by atoms with Gasteiger partial charge in [0.1, 0.15) is 0 Å². The maximum atomic E-state index is 9.56. The number of aliphatic hydroxyl groups is 1. The minimum atomic E-state index is -0.00162. The van der Waals surface area contributed by atoms with Crippen LogP contribution in [0.5, 0.6) is 0 Å². The minimum absolute atomic E-state index is 0.00162. The first kappa shape index (κ1) is 13.3. The Morgan fingerprint density at radius 1 is 1.11 bits per heavy atom. The molecule has 1 aromatic carbocycles. The smallest absolute Gasteiger partial charge is 0.0626 e. The molecule has 0 spiro atoms. The third kappa shape index (κ3) is 3.19. The predicted octanol–water partition coefficient (Wildman–Crippen LogP) is 3.52. The van der Waals surface area contributed by atoms with E-state index >= 15 is 0 Å². The lowest BCUT2D eigenvalue weighted by atomic mass is 10.1. The van der Waals surface area contributed by atoms with Crippen LogP contribution in [0.4, 0.5) is 0 Å². The maximum absolute atomic E-state index is 9.56. The van der Waals surface area contributed by atoms with Crippen LogP contribution in [0.2, 0.25) is 0 Å². The van der Waals surface area contributed by atoms with Crippen LogP contribution in [0, 0.1) is 0 Å². The highest BCUT2D eigenvalue weighted by atomic mass is 32.1. The van der Waals surface area contributed by atoms with E-state index in [1.165, 1.54) is 4.88 Å². The van der Waals surface area contributed by atoms with Gasteiger partial charge in [-0.1, -0.05) is 43.3 Å². The summed E-state index contributed by atoms with van der Waals surface area (Å²) in [7, 11) is 0. The van der Waals surface area contributed by atoms with Gasteiger partial charge in [-0.2, -0.15) is 0 Å². The summed E-state index contributed by atoms with van der Waals surface area (Å²) < 4.78 is 0. The normalized spacial score (nSPS) is 14.3. The molecular weight excluding hydrogens is 242 g/mol. The molecule has 1 unspecified atom stereocenters. The zero-order valence-electron chi connectivity index (χ0n) is 10.5. The van der Waals surface area contributed by atoms with Crippen molar-refractivity contribution in [1.29, 1.82) is 0 Å². The van der Waals surface area contributed by atoms with Crippen LogP contribution >= 0.6 is 11.3 Å². The summed E-state index contributed by atoms with van der Waals surface area (Å²) in [5.41, 5.74) is 1.13. The highest BCUT2D eigenvalue weighted by Crippen LogP contribution is 2.25. The number of hydrogen-bond acceptors (Lipinski definition) is 3. The van der Waals surface area contributed by atoms with Crippen LogP contribution in [0.15, 0.2) is 47.8 Å². The van der Waals surface area contributed by atoms with Crippen molar-refractivity contribution in [3.63, 3.8) is 0 Å². The van der Waals surface area contributed by atoms with E-state index in [1.807, 2.05) is 18.2 Å². The summed E-state index contributed by atoms with van der Waals surface area (Å²) in [6.07, 6.45) is 1.02. The first-order valence-corrected chi connectivity index (χ1v) is 7.18. The fourth-order valence-corrected chi connectivity index (χ4v) is 2.94. The molecule has 2 rings (SSSR count). The van der Waals surface area contributed by atoms with Gasteiger partial charge >= 0.3 is 0 Å². The van der Waals surface area contributed by atoms with Crippen molar-refractivity contribution in [1.82, 2.24) is 5.32 Å². The van der Waals surface area contributed by atoms with E-state index in [0.717, 1.165) is 12.0 Å². The van der Waals surface area contributed by atoms with E-state index in [4.69, 9.17) is 0 Å². The standard InChI is InChI=1S/C15H19NOS/c1-2-13(15-9-6-10-18-15)16-14(11-17)12-7-4-3-5-8-12/h3-10,13-14,16-17H,2,11H2,1H3/t13?,14-/m1/s1. The highest BCUT2D eigenvalue weighted by molar-refractivity contribution is 7.10. The van der Waals surface area contributed by atoms with Crippen molar-refractivity contribution < 1.29 is 5.11 Å². The fourth-order valence-electron chi connectivity index (χ4n) is 2.07. The van der Waals surface area contributed by atoms with E-state index in [2.05, 4.69) is 41.9 Å². The second-order valence-corrected chi connectivity index (χ2v) is 5.27.